The van der Waals surface area contributed by atoms with Crippen LogP contribution in [0.25, 0.3) is 0 Å². The Kier molecular flexibility index (Phi) is 5.59. The molecule has 0 aromatic carbocycles. The molecule has 1 fully saturated rings. The molecule has 4 nitrogen and oxygen atoms in total. The summed E-state index contributed by atoms with van der Waals surface area (Å²) < 4.78 is 22.9. The van der Waals surface area contributed by atoms with E-state index in [4.69, 9.17) is 18.9 Å². The number of hydrogen-bond donors (Lipinski definition) is 0. The molecule has 1 heterocycles. The topological polar surface area (TPSA) is 36.9 Å². The van der Waals surface area contributed by atoms with Crippen molar-refractivity contribution in [1.82, 2.24) is 0 Å². The van der Waals surface area contributed by atoms with Crippen molar-refractivity contribution in [3.8, 4) is 0 Å². The first kappa shape index (κ1) is 15.9. The number of rotatable bonds is 6. The van der Waals surface area contributed by atoms with Crippen LogP contribution in [0.15, 0.2) is 0 Å². The highest BCUT2D eigenvalue weighted by molar-refractivity contribution is 4.89. The summed E-state index contributed by atoms with van der Waals surface area (Å²) in [5.74, 6) is 0.00927. The second-order valence-corrected chi connectivity index (χ2v) is 5.91. The average Bonchev–Trinajstić information content (AvgIpc) is 2.51. The molecular weight excluding hydrogens is 232 g/mol. The third kappa shape index (κ3) is 3.92. The van der Waals surface area contributed by atoms with E-state index in [1.807, 2.05) is 20.8 Å². The fraction of sp³-hybridized carbons (Fsp3) is 1.00. The van der Waals surface area contributed by atoms with Crippen LogP contribution in [0.2, 0.25) is 0 Å². The van der Waals surface area contributed by atoms with Crippen LogP contribution in [-0.4, -0.2) is 44.4 Å². The van der Waals surface area contributed by atoms with Gasteiger partial charge in [0, 0.05) is 14.2 Å². The monoisotopic (exact) mass is 260 g/mol. The normalized spacial score (nSPS) is 30.7. The van der Waals surface area contributed by atoms with Crippen LogP contribution in [-0.2, 0) is 18.9 Å². The van der Waals surface area contributed by atoms with Crippen molar-refractivity contribution in [3.63, 3.8) is 0 Å². The summed E-state index contributed by atoms with van der Waals surface area (Å²) >= 11 is 0. The Morgan fingerprint density at radius 2 is 1.72 bits per heavy atom. The first-order valence-electron chi connectivity index (χ1n) is 6.72. The van der Waals surface area contributed by atoms with E-state index in [9.17, 15) is 0 Å². The molecule has 1 saturated heterocycles. The minimum absolute atomic E-state index is 0.00904. The Bertz CT molecular complexity index is 252. The molecule has 0 spiro atoms. The van der Waals surface area contributed by atoms with Gasteiger partial charge >= 0.3 is 0 Å². The maximum atomic E-state index is 5.95. The fourth-order valence-corrected chi connectivity index (χ4v) is 2.63. The Morgan fingerprint density at radius 1 is 1.11 bits per heavy atom. The van der Waals surface area contributed by atoms with Gasteiger partial charge in [-0.3, -0.25) is 0 Å². The lowest BCUT2D eigenvalue weighted by molar-refractivity contribution is -0.169. The summed E-state index contributed by atoms with van der Waals surface area (Å²) in [5.41, 5.74) is 0. The van der Waals surface area contributed by atoms with Gasteiger partial charge in [0.2, 0.25) is 0 Å². The first-order chi connectivity index (χ1) is 8.30. The van der Waals surface area contributed by atoms with Gasteiger partial charge in [-0.25, -0.2) is 0 Å². The van der Waals surface area contributed by atoms with Crippen molar-refractivity contribution in [3.05, 3.63) is 0 Å². The molecule has 4 atom stereocenters. The van der Waals surface area contributed by atoms with E-state index in [2.05, 4.69) is 13.8 Å². The zero-order chi connectivity index (χ0) is 13.9. The van der Waals surface area contributed by atoms with E-state index < -0.39 is 5.79 Å². The highest BCUT2D eigenvalue weighted by Crippen LogP contribution is 2.33. The van der Waals surface area contributed by atoms with Crippen molar-refractivity contribution < 1.29 is 18.9 Å². The van der Waals surface area contributed by atoms with E-state index in [0.29, 0.717) is 5.92 Å². The van der Waals surface area contributed by atoms with Gasteiger partial charge in [-0.05, 0) is 33.1 Å². The maximum Gasteiger partial charge on any atom is 0.163 e. The van der Waals surface area contributed by atoms with Crippen LogP contribution in [0.1, 0.15) is 41.0 Å². The van der Waals surface area contributed by atoms with Gasteiger partial charge in [0.15, 0.2) is 5.79 Å². The molecule has 0 N–H and O–H groups in total. The third-order valence-corrected chi connectivity index (χ3v) is 3.32. The molecule has 1 aliphatic heterocycles. The van der Waals surface area contributed by atoms with Gasteiger partial charge in [-0.15, -0.1) is 0 Å². The average molecular weight is 260 g/mol. The summed E-state index contributed by atoms with van der Waals surface area (Å²) in [5, 5.41) is 0. The predicted molar refractivity (Wildman–Crippen MR) is 70.5 cm³/mol. The molecule has 0 aliphatic carbocycles. The van der Waals surface area contributed by atoms with Crippen molar-refractivity contribution in [2.75, 3.05) is 14.2 Å². The van der Waals surface area contributed by atoms with Crippen LogP contribution in [0.5, 0.6) is 0 Å². The highest BCUT2D eigenvalue weighted by Gasteiger charge is 2.45. The van der Waals surface area contributed by atoms with Crippen molar-refractivity contribution in [2.24, 2.45) is 5.92 Å². The number of methoxy groups -OCH3 is 2. The smallest absolute Gasteiger partial charge is 0.163 e. The molecule has 18 heavy (non-hydrogen) atoms. The maximum absolute atomic E-state index is 5.95. The molecule has 0 aromatic heterocycles. The van der Waals surface area contributed by atoms with Gasteiger partial charge in [-0.1, -0.05) is 13.8 Å². The van der Waals surface area contributed by atoms with E-state index in [0.717, 1.165) is 6.42 Å². The third-order valence-electron chi connectivity index (χ3n) is 3.32. The van der Waals surface area contributed by atoms with Crippen molar-refractivity contribution in [2.45, 2.75) is 71.2 Å². The molecule has 1 rings (SSSR count). The minimum Gasteiger partial charge on any atom is -0.379 e. The minimum atomic E-state index is -0.545. The largest absolute Gasteiger partial charge is 0.379 e. The van der Waals surface area contributed by atoms with Crippen LogP contribution < -0.4 is 0 Å². The molecule has 1 aliphatic rings. The van der Waals surface area contributed by atoms with Crippen LogP contribution in [0.3, 0.4) is 0 Å². The highest BCUT2D eigenvalue weighted by atomic mass is 16.8. The van der Waals surface area contributed by atoms with Crippen molar-refractivity contribution >= 4 is 0 Å². The summed E-state index contributed by atoms with van der Waals surface area (Å²) in [6.07, 6.45) is 0.791. The molecule has 0 aromatic rings. The molecule has 0 bridgehead atoms. The number of ether oxygens (including phenoxy) is 4. The van der Waals surface area contributed by atoms with Crippen LogP contribution >= 0.6 is 0 Å². The summed E-state index contributed by atoms with van der Waals surface area (Å²) in [6, 6.07) is 0. The SMILES string of the molecule is CO[C@H]([C@H]1OC(C)(C)O[C@H]1C)[C@H](CC(C)C)OC. The van der Waals surface area contributed by atoms with Gasteiger partial charge in [0.25, 0.3) is 0 Å². The summed E-state index contributed by atoms with van der Waals surface area (Å²) in [4.78, 5) is 0. The Hall–Kier alpha value is -0.160. The lowest BCUT2D eigenvalue weighted by atomic mass is 9.96. The fourth-order valence-electron chi connectivity index (χ4n) is 2.63. The quantitative estimate of drug-likeness (QED) is 0.735. The Balaban J connectivity index is 2.75. The first-order valence-corrected chi connectivity index (χ1v) is 6.72. The summed E-state index contributed by atoms with van der Waals surface area (Å²) in [7, 11) is 3.43. The molecule has 108 valence electrons. The summed E-state index contributed by atoms with van der Waals surface area (Å²) in [6.45, 7) is 10.2. The van der Waals surface area contributed by atoms with Crippen LogP contribution in [0.4, 0.5) is 0 Å². The Labute approximate surface area is 111 Å². The van der Waals surface area contributed by atoms with Gasteiger partial charge in [0.05, 0.1) is 12.2 Å². The lowest BCUT2D eigenvalue weighted by Crippen LogP contribution is -2.45. The van der Waals surface area contributed by atoms with Crippen molar-refractivity contribution in [1.29, 1.82) is 0 Å². The zero-order valence-corrected chi connectivity index (χ0v) is 12.7. The molecule has 0 radical (unpaired) electrons. The molecule has 0 unspecified atom stereocenters. The van der Waals surface area contributed by atoms with E-state index in [1.165, 1.54) is 0 Å². The van der Waals surface area contributed by atoms with E-state index in [-0.39, 0.29) is 24.4 Å². The van der Waals surface area contributed by atoms with Gasteiger partial charge < -0.3 is 18.9 Å². The number of hydrogen-bond acceptors (Lipinski definition) is 4. The Morgan fingerprint density at radius 3 is 2.06 bits per heavy atom. The molecular formula is C14H28O4. The predicted octanol–water partition coefficient (Wildman–Crippen LogP) is 2.60. The molecule has 0 saturated carbocycles. The second-order valence-electron chi connectivity index (χ2n) is 5.91. The van der Waals surface area contributed by atoms with Gasteiger partial charge in [0.1, 0.15) is 12.2 Å². The van der Waals surface area contributed by atoms with E-state index >= 15 is 0 Å². The molecule has 0 amide bonds. The molecule has 4 heteroatoms. The van der Waals surface area contributed by atoms with Gasteiger partial charge in [-0.2, -0.15) is 0 Å². The van der Waals surface area contributed by atoms with Crippen LogP contribution in [0, 0.1) is 5.92 Å². The zero-order valence-electron chi connectivity index (χ0n) is 12.7. The second kappa shape index (κ2) is 6.33. The van der Waals surface area contributed by atoms with E-state index in [1.54, 1.807) is 14.2 Å². The lowest BCUT2D eigenvalue weighted by Gasteiger charge is -2.31. The standard InChI is InChI=1S/C14H28O4/c1-9(2)8-11(15-6)13(16-7)12-10(3)17-14(4,5)18-12/h9-13H,8H2,1-7H3/t10-,11-,12-,13-/m0/s1.